The van der Waals surface area contributed by atoms with Crippen LogP contribution in [0.4, 0.5) is 11.4 Å². The number of aromatic nitrogens is 1. The zero-order chi connectivity index (χ0) is 28.0. The van der Waals surface area contributed by atoms with Gasteiger partial charge in [-0.1, -0.05) is 45.7 Å². The first kappa shape index (κ1) is 27.8. The van der Waals surface area contributed by atoms with Crippen molar-refractivity contribution in [2.24, 2.45) is 0 Å². The van der Waals surface area contributed by atoms with Gasteiger partial charge in [0.15, 0.2) is 11.5 Å². The predicted molar refractivity (Wildman–Crippen MR) is 164 cm³/mol. The Hall–Kier alpha value is -3.77. The molecule has 1 aliphatic rings. The molecule has 2 heterocycles. The number of pyridine rings is 1. The minimum atomic E-state index is 0.139. The summed E-state index contributed by atoms with van der Waals surface area (Å²) < 4.78 is 18.1. The Morgan fingerprint density at radius 1 is 0.800 bits per heavy atom. The molecule has 1 aromatic heterocycles. The van der Waals surface area contributed by atoms with Gasteiger partial charge in [0.25, 0.3) is 0 Å². The molecule has 1 saturated heterocycles. The summed E-state index contributed by atoms with van der Waals surface area (Å²) in [6.07, 6.45) is 6.98. The summed E-state index contributed by atoms with van der Waals surface area (Å²) in [4.78, 5) is 7.07. The standard InChI is InChI=1S/C34H41N3O3/c1-34(2,3)25-9-11-26(12-10-25)36-27-13-15-28(16-14-27)40-31-17-18-35-30-24-33(32(38-4)23-29(30)31)39-22-21-37-19-7-5-6-8-20-37/h9-18,23-24,36H,5-8,19-22H2,1-4H3. The van der Waals surface area contributed by atoms with E-state index < -0.39 is 0 Å². The number of benzene rings is 3. The van der Waals surface area contributed by atoms with Crippen LogP contribution in [-0.4, -0.2) is 43.2 Å². The summed E-state index contributed by atoms with van der Waals surface area (Å²) in [6.45, 7) is 10.5. The van der Waals surface area contributed by atoms with Crippen LogP contribution < -0.4 is 19.5 Å². The number of anilines is 2. The van der Waals surface area contributed by atoms with Crippen LogP contribution in [0.1, 0.15) is 52.0 Å². The largest absolute Gasteiger partial charge is 0.493 e. The number of likely N-dealkylation sites (tertiary alicyclic amines) is 1. The van der Waals surface area contributed by atoms with Crippen LogP contribution >= 0.6 is 0 Å². The molecule has 1 aliphatic heterocycles. The molecule has 0 radical (unpaired) electrons. The first-order chi connectivity index (χ1) is 19.4. The Labute approximate surface area is 238 Å². The van der Waals surface area contributed by atoms with Crippen molar-refractivity contribution >= 4 is 22.3 Å². The van der Waals surface area contributed by atoms with Gasteiger partial charge in [0.2, 0.25) is 0 Å². The SMILES string of the molecule is COc1cc2c(Oc3ccc(Nc4ccc(C(C)(C)C)cc4)cc3)ccnc2cc1OCCN1CCCCCC1. The van der Waals surface area contributed by atoms with Crippen molar-refractivity contribution in [1.29, 1.82) is 0 Å². The van der Waals surface area contributed by atoms with Gasteiger partial charge in [0, 0.05) is 35.6 Å². The topological polar surface area (TPSA) is 55.9 Å². The van der Waals surface area contributed by atoms with Gasteiger partial charge < -0.3 is 19.5 Å². The number of rotatable bonds is 9. The van der Waals surface area contributed by atoms with Gasteiger partial charge in [0.1, 0.15) is 18.1 Å². The van der Waals surface area contributed by atoms with E-state index >= 15 is 0 Å². The van der Waals surface area contributed by atoms with E-state index in [0.29, 0.717) is 18.1 Å². The number of ether oxygens (including phenoxy) is 3. The highest BCUT2D eigenvalue weighted by Crippen LogP contribution is 2.37. The predicted octanol–water partition coefficient (Wildman–Crippen LogP) is 8.33. The number of fused-ring (bicyclic) bond motifs is 1. The van der Waals surface area contributed by atoms with E-state index in [0.717, 1.165) is 53.4 Å². The second-order valence-corrected chi connectivity index (χ2v) is 11.5. The molecular weight excluding hydrogens is 498 g/mol. The maximum atomic E-state index is 6.29. The third-order valence-electron chi connectivity index (χ3n) is 7.47. The monoisotopic (exact) mass is 539 g/mol. The van der Waals surface area contributed by atoms with Crippen LogP contribution in [0.25, 0.3) is 10.9 Å². The molecule has 0 amide bonds. The molecular formula is C34H41N3O3. The second-order valence-electron chi connectivity index (χ2n) is 11.5. The lowest BCUT2D eigenvalue weighted by atomic mass is 9.87. The van der Waals surface area contributed by atoms with Gasteiger partial charge in [-0.25, -0.2) is 0 Å². The molecule has 1 N–H and O–H groups in total. The number of nitrogens with one attached hydrogen (secondary N) is 1. The summed E-state index contributed by atoms with van der Waals surface area (Å²) >= 11 is 0. The van der Waals surface area contributed by atoms with Gasteiger partial charge in [-0.05, 0) is 85.4 Å². The molecule has 210 valence electrons. The summed E-state index contributed by atoms with van der Waals surface area (Å²) in [5, 5.41) is 4.34. The zero-order valence-electron chi connectivity index (χ0n) is 24.2. The van der Waals surface area contributed by atoms with Crippen molar-refractivity contribution in [1.82, 2.24) is 9.88 Å². The van der Waals surface area contributed by atoms with Crippen LogP contribution in [0.2, 0.25) is 0 Å². The minimum Gasteiger partial charge on any atom is -0.493 e. The molecule has 0 atom stereocenters. The molecule has 0 saturated carbocycles. The highest BCUT2D eigenvalue weighted by atomic mass is 16.5. The van der Waals surface area contributed by atoms with Crippen LogP contribution in [0.3, 0.4) is 0 Å². The molecule has 5 rings (SSSR count). The Balaban J connectivity index is 1.25. The van der Waals surface area contributed by atoms with E-state index in [4.69, 9.17) is 14.2 Å². The summed E-state index contributed by atoms with van der Waals surface area (Å²) in [5.41, 5.74) is 4.31. The molecule has 0 unspecified atom stereocenters. The van der Waals surface area contributed by atoms with Crippen LogP contribution in [0, 0.1) is 0 Å². The summed E-state index contributed by atoms with van der Waals surface area (Å²) in [7, 11) is 1.67. The number of hydrogen-bond donors (Lipinski definition) is 1. The Morgan fingerprint density at radius 3 is 2.12 bits per heavy atom. The average Bonchev–Trinajstić information content (AvgIpc) is 3.23. The van der Waals surface area contributed by atoms with Crippen molar-refractivity contribution in [2.75, 3.05) is 38.7 Å². The lowest BCUT2D eigenvalue weighted by Crippen LogP contribution is -2.29. The zero-order valence-corrected chi connectivity index (χ0v) is 24.2. The number of nitrogens with zero attached hydrogens (tertiary/aromatic N) is 2. The third-order valence-corrected chi connectivity index (χ3v) is 7.47. The van der Waals surface area contributed by atoms with Crippen molar-refractivity contribution < 1.29 is 14.2 Å². The van der Waals surface area contributed by atoms with E-state index in [1.165, 1.54) is 31.2 Å². The highest BCUT2D eigenvalue weighted by molar-refractivity contribution is 5.88. The minimum absolute atomic E-state index is 0.139. The molecule has 6 nitrogen and oxygen atoms in total. The Kier molecular flexibility index (Phi) is 8.75. The molecule has 0 bridgehead atoms. The first-order valence-electron chi connectivity index (χ1n) is 14.4. The molecule has 4 aromatic rings. The molecule has 6 heteroatoms. The fourth-order valence-corrected chi connectivity index (χ4v) is 5.09. The maximum Gasteiger partial charge on any atom is 0.163 e. The fourth-order valence-electron chi connectivity index (χ4n) is 5.09. The smallest absolute Gasteiger partial charge is 0.163 e. The maximum absolute atomic E-state index is 6.29. The van der Waals surface area contributed by atoms with E-state index in [1.54, 1.807) is 13.3 Å². The second kappa shape index (κ2) is 12.6. The quantitative estimate of drug-likeness (QED) is 0.231. The summed E-state index contributed by atoms with van der Waals surface area (Å²) in [5.74, 6) is 2.86. The lowest BCUT2D eigenvalue weighted by Gasteiger charge is -2.20. The Bertz CT molecular complexity index is 1390. The average molecular weight is 540 g/mol. The lowest BCUT2D eigenvalue weighted by molar-refractivity contribution is 0.209. The first-order valence-corrected chi connectivity index (χ1v) is 14.4. The van der Waals surface area contributed by atoms with E-state index in [-0.39, 0.29) is 5.41 Å². The van der Waals surface area contributed by atoms with Crippen molar-refractivity contribution in [3.8, 4) is 23.0 Å². The van der Waals surface area contributed by atoms with Crippen LogP contribution in [-0.2, 0) is 5.41 Å². The van der Waals surface area contributed by atoms with Gasteiger partial charge in [-0.3, -0.25) is 9.88 Å². The number of hydrogen-bond acceptors (Lipinski definition) is 6. The molecule has 0 spiro atoms. The van der Waals surface area contributed by atoms with Crippen molar-refractivity contribution in [3.05, 3.63) is 78.5 Å². The molecule has 0 aliphatic carbocycles. The van der Waals surface area contributed by atoms with Crippen molar-refractivity contribution in [3.63, 3.8) is 0 Å². The van der Waals surface area contributed by atoms with E-state index in [1.807, 2.05) is 42.5 Å². The number of methoxy groups -OCH3 is 1. The highest BCUT2D eigenvalue weighted by Gasteiger charge is 2.15. The van der Waals surface area contributed by atoms with Crippen molar-refractivity contribution in [2.45, 2.75) is 51.9 Å². The third kappa shape index (κ3) is 7.05. The molecule has 3 aromatic carbocycles. The van der Waals surface area contributed by atoms with Crippen LogP contribution in [0.5, 0.6) is 23.0 Å². The molecule has 40 heavy (non-hydrogen) atoms. The van der Waals surface area contributed by atoms with E-state index in [2.05, 4.69) is 60.2 Å². The summed E-state index contributed by atoms with van der Waals surface area (Å²) in [6, 6.07) is 22.3. The molecule has 1 fully saturated rings. The Morgan fingerprint density at radius 2 is 1.48 bits per heavy atom. The van der Waals surface area contributed by atoms with Gasteiger partial charge >= 0.3 is 0 Å². The van der Waals surface area contributed by atoms with E-state index in [9.17, 15) is 0 Å². The van der Waals surface area contributed by atoms with Gasteiger partial charge in [-0.15, -0.1) is 0 Å². The van der Waals surface area contributed by atoms with Crippen LogP contribution in [0.15, 0.2) is 72.9 Å². The normalized spacial score (nSPS) is 14.5. The van der Waals surface area contributed by atoms with Gasteiger partial charge in [0.05, 0.1) is 12.6 Å². The fraction of sp³-hybridized carbons (Fsp3) is 0.382. The van der Waals surface area contributed by atoms with Gasteiger partial charge in [-0.2, -0.15) is 0 Å².